The SMILES string of the molecule is Cc1ccc(S(=O)n2ccc3nc(NNC(=O)C45CCC6(NC(=O)OC(C)(C)C)CCCC(C4)C65)cnc32)cc1. The zero-order valence-electron chi connectivity index (χ0n) is 23.3. The zero-order chi connectivity index (χ0) is 28.3. The van der Waals surface area contributed by atoms with Gasteiger partial charge < -0.3 is 10.1 Å². The highest BCUT2D eigenvalue weighted by Crippen LogP contribution is 2.69. The van der Waals surface area contributed by atoms with Crippen molar-refractivity contribution in [2.45, 2.75) is 82.3 Å². The summed E-state index contributed by atoms with van der Waals surface area (Å²) in [6, 6.07) is 9.29. The van der Waals surface area contributed by atoms with E-state index >= 15 is 0 Å². The predicted octanol–water partition coefficient (Wildman–Crippen LogP) is 4.62. The van der Waals surface area contributed by atoms with Crippen LogP contribution in [0, 0.1) is 24.2 Å². The molecule has 2 aromatic heterocycles. The second-order valence-corrected chi connectivity index (χ2v) is 13.9. The molecular weight excluding hydrogens is 528 g/mol. The van der Waals surface area contributed by atoms with Crippen LogP contribution in [0.2, 0.25) is 0 Å². The van der Waals surface area contributed by atoms with E-state index in [0.29, 0.717) is 27.8 Å². The van der Waals surface area contributed by atoms with E-state index in [1.807, 2.05) is 52.0 Å². The van der Waals surface area contributed by atoms with Crippen molar-refractivity contribution in [3.05, 3.63) is 48.3 Å². The Labute approximate surface area is 236 Å². The lowest BCUT2D eigenvalue weighted by molar-refractivity contribution is -0.153. The molecule has 3 saturated carbocycles. The number of benzene rings is 1. The van der Waals surface area contributed by atoms with Crippen LogP contribution in [0.1, 0.15) is 64.9 Å². The van der Waals surface area contributed by atoms with Crippen LogP contribution in [-0.2, 0) is 20.5 Å². The number of nitrogens with zero attached hydrogens (tertiary/aromatic N) is 3. The second kappa shape index (κ2) is 9.57. The molecule has 0 aliphatic heterocycles. The third-order valence-corrected chi connectivity index (χ3v) is 10.1. The van der Waals surface area contributed by atoms with E-state index in [-0.39, 0.29) is 11.8 Å². The monoisotopic (exact) mass is 564 g/mol. The highest BCUT2D eigenvalue weighted by Gasteiger charge is 2.71. The zero-order valence-corrected chi connectivity index (χ0v) is 24.1. The molecule has 0 bridgehead atoms. The lowest BCUT2D eigenvalue weighted by Gasteiger charge is -2.58. The molecule has 3 aliphatic rings. The molecule has 40 heavy (non-hydrogen) atoms. The molecule has 10 nitrogen and oxygen atoms in total. The van der Waals surface area contributed by atoms with Crippen molar-refractivity contribution in [2.75, 3.05) is 5.43 Å². The van der Waals surface area contributed by atoms with E-state index in [9.17, 15) is 13.8 Å². The first-order valence-corrected chi connectivity index (χ1v) is 15.0. The lowest BCUT2D eigenvalue weighted by atomic mass is 9.48. The highest BCUT2D eigenvalue weighted by molar-refractivity contribution is 7.83. The topological polar surface area (TPSA) is 127 Å². The van der Waals surface area contributed by atoms with E-state index in [1.165, 1.54) is 6.20 Å². The third-order valence-electron chi connectivity index (χ3n) is 8.77. The minimum absolute atomic E-state index is 0.0801. The number of alkyl carbamates (subject to hydrolysis) is 1. The molecule has 0 radical (unpaired) electrons. The molecule has 6 rings (SSSR count). The Kier molecular flexibility index (Phi) is 6.40. The van der Waals surface area contributed by atoms with Gasteiger partial charge in [0.2, 0.25) is 5.91 Å². The van der Waals surface area contributed by atoms with Crippen LogP contribution in [0.5, 0.6) is 0 Å². The van der Waals surface area contributed by atoms with Gasteiger partial charge in [-0.3, -0.25) is 15.6 Å². The van der Waals surface area contributed by atoms with Crippen molar-refractivity contribution in [3.8, 4) is 0 Å². The van der Waals surface area contributed by atoms with E-state index in [1.54, 1.807) is 16.2 Å². The third kappa shape index (κ3) is 4.53. The van der Waals surface area contributed by atoms with E-state index in [2.05, 4.69) is 26.1 Å². The maximum Gasteiger partial charge on any atom is 0.408 e. The van der Waals surface area contributed by atoms with Crippen LogP contribution < -0.4 is 16.2 Å². The summed E-state index contributed by atoms with van der Waals surface area (Å²) in [6.45, 7) is 7.55. The largest absolute Gasteiger partial charge is 0.444 e. The van der Waals surface area contributed by atoms with Gasteiger partial charge in [-0.05, 0) is 89.8 Å². The summed E-state index contributed by atoms with van der Waals surface area (Å²) in [7, 11) is -1.45. The van der Waals surface area contributed by atoms with E-state index in [0.717, 1.165) is 44.1 Å². The molecule has 1 aromatic carbocycles. The Morgan fingerprint density at radius 3 is 2.65 bits per heavy atom. The molecule has 2 amide bonds. The minimum Gasteiger partial charge on any atom is -0.444 e. The fraction of sp³-hybridized carbons (Fsp3) is 0.517. The number of aryl methyl sites for hydroxylation is 1. The molecule has 5 unspecified atom stereocenters. The first-order valence-electron chi connectivity index (χ1n) is 13.9. The van der Waals surface area contributed by atoms with Crippen molar-refractivity contribution in [1.29, 1.82) is 0 Å². The summed E-state index contributed by atoms with van der Waals surface area (Å²) in [4.78, 5) is 36.1. The summed E-state index contributed by atoms with van der Waals surface area (Å²) in [5, 5.41) is 3.20. The minimum atomic E-state index is -1.45. The van der Waals surface area contributed by atoms with Gasteiger partial charge in [-0.1, -0.05) is 24.1 Å². The van der Waals surface area contributed by atoms with Gasteiger partial charge >= 0.3 is 6.09 Å². The fourth-order valence-corrected chi connectivity index (χ4v) is 8.29. The number of hydrogen-bond donors (Lipinski definition) is 3. The Balaban J connectivity index is 1.14. The average Bonchev–Trinajstić information content (AvgIpc) is 3.43. The normalized spacial score (nSPS) is 27.8. The summed E-state index contributed by atoms with van der Waals surface area (Å²) < 4.78 is 20.3. The number of nitrogens with one attached hydrogen (secondary N) is 3. The van der Waals surface area contributed by atoms with Gasteiger partial charge in [-0.15, -0.1) is 0 Å². The number of ether oxygens (including phenoxy) is 1. The van der Waals surface area contributed by atoms with Crippen molar-refractivity contribution in [1.82, 2.24) is 24.7 Å². The van der Waals surface area contributed by atoms with E-state index in [4.69, 9.17) is 4.74 Å². The summed E-state index contributed by atoms with van der Waals surface area (Å²) >= 11 is 0. The number of anilines is 1. The molecule has 5 atom stereocenters. The van der Waals surface area contributed by atoms with Gasteiger partial charge in [0.25, 0.3) is 0 Å². The summed E-state index contributed by atoms with van der Waals surface area (Å²) in [5.41, 5.74) is 6.47. The van der Waals surface area contributed by atoms with Gasteiger partial charge in [-0.25, -0.2) is 22.9 Å². The van der Waals surface area contributed by atoms with E-state index < -0.39 is 33.6 Å². The lowest BCUT2D eigenvalue weighted by Crippen LogP contribution is -2.66. The Morgan fingerprint density at radius 2 is 1.90 bits per heavy atom. The number of rotatable bonds is 6. The average molecular weight is 565 g/mol. The van der Waals surface area contributed by atoms with Crippen molar-refractivity contribution < 1.29 is 18.5 Å². The van der Waals surface area contributed by atoms with Crippen LogP contribution in [0.4, 0.5) is 10.6 Å². The van der Waals surface area contributed by atoms with Gasteiger partial charge in [0, 0.05) is 11.7 Å². The van der Waals surface area contributed by atoms with Gasteiger partial charge in [0.1, 0.15) is 11.1 Å². The maximum atomic E-state index is 13.6. The van der Waals surface area contributed by atoms with Crippen LogP contribution in [0.25, 0.3) is 11.2 Å². The number of carbonyl (C=O) groups is 2. The second-order valence-electron chi connectivity index (χ2n) is 12.5. The molecule has 11 heteroatoms. The highest BCUT2D eigenvalue weighted by atomic mass is 32.2. The first-order chi connectivity index (χ1) is 19.0. The van der Waals surface area contributed by atoms with Crippen LogP contribution in [-0.4, -0.2) is 41.3 Å². The van der Waals surface area contributed by atoms with Crippen LogP contribution >= 0.6 is 0 Å². The Bertz CT molecular complexity index is 1500. The number of aromatic nitrogens is 3. The van der Waals surface area contributed by atoms with Crippen LogP contribution in [0.3, 0.4) is 0 Å². The molecule has 3 aliphatic carbocycles. The van der Waals surface area contributed by atoms with Gasteiger partial charge in [0.05, 0.1) is 16.5 Å². The number of amides is 2. The van der Waals surface area contributed by atoms with Crippen LogP contribution in [0.15, 0.2) is 47.6 Å². The predicted molar refractivity (Wildman–Crippen MR) is 151 cm³/mol. The molecule has 3 N–H and O–H groups in total. The molecular formula is C29H36N6O4S. The number of fused-ring (bicyclic) bond motifs is 1. The molecule has 0 saturated heterocycles. The van der Waals surface area contributed by atoms with Crippen molar-refractivity contribution >= 4 is 40.0 Å². The molecule has 0 spiro atoms. The molecule has 2 heterocycles. The standard InChI is InChI=1S/C29H36N6O4S/c1-18-7-9-20(10-8-18)40(38)35-15-11-21-24(35)30-17-22(31-21)33-34-25(36)28-13-14-29(32-26(37)39-27(2,3)4)12-5-6-19(16-28)23(28)29/h7-11,15,17,19,23H,5-6,12-14,16H2,1-4H3,(H,31,33)(H,32,37)(H,34,36). The first kappa shape index (κ1) is 26.7. The summed E-state index contributed by atoms with van der Waals surface area (Å²) in [5.74, 6) is 0.819. The molecule has 3 aromatic rings. The number of hydrazine groups is 1. The molecule has 3 fully saturated rings. The van der Waals surface area contributed by atoms with Crippen molar-refractivity contribution in [3.63, 3.8) is 0 Å². The summed E-state index contributed by atoms with van der Waals surface area (Å²) in [6.07, 6.45) is 8.10. The number of hydrogen-bond acceptors (Lipinski definition) is 7. The van der Waals surface area contributed by atoms with Crippen molar-refractivity contribution in [2.24, 2.45) is 17.3 Å². The maximum absolute atomic E-state index is 13.6. The number of carbonyl (C=O) groups excluding carboxylic acids is 2. The smallest absolute Gasteiger partial charge is 0.408 e. The molecule has 212 valence electrons. The fourth-order valence-electron chi connectivity index (χ4n) is 7.22. The Morgan fingerprint density at radius 1 is 1.12 bits per heavy atom. The van der Waals surface area contributed by atoms with Gasteiger partial charge in [0.15, 0.2) is 22.5 Å². The Hall–Kier alpha value is -3.47. The van der Waals surface area contributed by atoms with Gasteiger partial charge in [-0.2, -0.15) is 0 Å². The quantitative estimate of drug-likeness (QED) is 0.373.